The van der Waals surface area contributed by atoms with E-state index in [4.69, 9.17) is 29.7 Å². The second-order valence-corrected chi connectivity index (χ2v) is 13.5. The molecule has 13 heteroatoms. The molecule has 1 aliphatic rings. The molecule has 0 saturated heterocycles. The van der Waals surface area contributed by atoms with E-state index in [9.17, 15) is 5.11 Å². The molecule has 4 aromatic carbocycles. The molecule has 288 valence electrons. The molecule has 5 aromatic heterocycles. The van der Waals surface area contributed by atoms with Crippen LogP contribution in [0.3, 0.4) is 0 Å². The van der Waals surface area contributed by atoms with Crippen molar-refractivity contribution in [2.45, 2.75) is 6.42 Å². The van der Waals surface area contributed by atoms with Crippen LogP contribution in [0.1, 0.15) is 11.1 Å². The van der Waals surface area contributed by atoms with Crippen LogP contribution >= 0.6 is 0 Å². The lowest BCUT2D eigenvalue weighted by Gasteiger charge is -2.12. The van der Waals surface area contributed by atoms with E-state index in [1.54, 1.807) is 51.5 Å². The molecule has 1 aliphatic heterocycles. The van der Waals surface area contributed by atoms with E-state index in [0.29, 0.717) is 51.4 Å². The Kier molecular flexibility index (Phi) is 9.09. The number of imidazole rings is 1. The van der Waals surface area contributed by atoms with Crippen LogP contribution in [0.5, 0.6) is 28.9 Å². The number of methoxy groups -OCH3 is 4. The highest BCUT2D eigenvalue weighted by Crippen LogP contribution is 2.41. The first-order chi connectivity index (χ1) is 28.4. The molecule has 0 fully saturated rings. The Hall–Kier alpha value is -7.80. The van der Waals surface area contributed by atoms with Crippen LogP contribution in [0.2, 0.25) is 0 Å². The molecule has 10 rings (SSSR count). The van der Waals surface area contributed by atoms with Crippen molar-refractivity contribution in [3.8, 4) is 51.6 Å². The van der Waals surface area contributed by atoms with Gasteiger partial charge in [0.1, 0.15) is 45.7 Å². The molecule has 4 N–H and O–H groups in total. The normalized spacial score (nSPS) is 12.0. The third-order valence-electron chi connectivity index (χ3n) is 10.2. The Morgan fingerprint density at radius 2 is 1.19 bits per heavy atom. The number of ether oxygens (including phenoxy) is 4. The largest absolute Gasteiger partial charge is 0.497 e. The number of benzene rings is 4. The maximum atomic E-state index is 11.3. The van der Waals surface area contributed by atoms with Gasteiger partial charge >= 0.3 is 0 Å². The molecule has 0 atom stereocenters. The summed E-state index contributed by atoms with van der Waals surface area (Å²) < 4.78 is 25.4. The molecular formula is C45H38N8O5. The van der Waals surface area contributed by atoms with Gasteiger partial charge in [0, 0.05) is 55.2 Å². The van der Waals surface area contributed by atoms with Crippen LogP contribution < -0.4 is 24.7 Å². The molecule has 9 aromatic rings. The summed E-state index contributed by atoms with van der Waals surface area (Å²) in [5.74, 6) is 3.81. The fourth-order valence-corrected chi connectivity index (χ4v) is 7.47. The zero-order valence-corrected chi connectivity index (χ0v) is 32.1. The number of aromatic nitrogens is 6. The summed E-state index contributed by atoms with van der Waals surface area (Å²) in [6.45, 7) is 0. The Bertz CT molecular complexity index is 2960. The molecule has 0 radical (unpaired) electrons. The number of aromatic hydroxyl groups is 1. The first-order valence-electron chi connectivity index (χ1n) is 18.4. The quantitative estimate of drug-likeness (QED) is 0.138. The number of fused-ring (bicyclic) bond motifs is 4. The number of aliphatic imine (C=N–C) groups is 1. The summed E-state index contributed by atoms with van der Waals surface area (Å²) in [6.07, 6.45) is 4.21. The lowest BCUT2D eigenvalue weighted by atomic mass is 10.1. The van der Waals surface area contributed by atoms with Crippen molar-refractivity contribution in [2.75, 3.05) is 34.2 Å². The van der Waals surface area contributed by atoms with E-state index in [1.807, 2.05) is 102 Å². The zero-order valence-electron chi connectivity index (χ0n) is 32.1. The predicted molar refractivity (Wildman–Crippen MR) is 226 cm³/mol. The Morgan fingerprint density at radius 1 is 0.638 bits per heavy atom. The number of hydrogen-bond donors (Lipinski definition) is 3. The minimum Gasteiger partial charge on any atom is -0.497 e. The van der Waals surface area contributed by atoms with Crippen LogP contribution in [-0.2, 0) is 6.42 Å². The van der Waals surface area contributed by atoms with Crippen molar-refractivity contribution < 1.29 is 24.1 Å². The van der Waals surface area contributed by atoms with Gasteiger partial charge in [-0.2, -0.15) is 0 Å². The Labute approximate surface area is 332 Å². The number of para-hydroxylation sites is 3. The average Bonchev–Trinajstić information content (AvgIpc) is 4.03. The van der Waals surface area contributed by atoms with Crippen molar-refractivity contribution in [3.05, 3.63) is 133 Å². The summed E-state index contributed by atoms with van der Waals surface area (Å²) in [4.78, 5) is 21.9. The van der Waals surface area contributed by atoms with Crippen molar-refractivity contribution in [1.29, 1.82) is 0 Å². The number of H-pyrrole nitrogens is 1. The van der Waals surface area contributed by atoms with Gasteiger partial charge in [-0.25, -0.2) is 4.98 Å². The first kappa shape index (κ1) is 35.9. The smallest absolute Gasteiger partial charge is 0.209 e. The standard InChI is InChI=1S/C23H20N4O2.C22H18N4O3/c1-28-16-11-15(12-17(13-16)29-2)27-20-8-5-9-25-22(20)21(23(27)24)19-10-14-6-3-4-7-18(14)26-19;1-28-14-10-13(11-15(12-14)29-2)26-18-8-5-9-23-20(18)19(22(26)27)21-24-16-6-3-4-7-17(16)25-21/h3-9,11-13H,10,24H2,1-2H3;3-12,27H,1-2H3,(H,24,25). The van der Waals surface area contributed by atoms with Gasteiger partial charge in [-0.1, -0.05) is 30.3 Å². The minimum atomic E-state index is 0.0352. The number of nitrogen functional groups attached to an aromatic ring is 1. The van der Waals surface area contributed by atoms with E-state index in [1.165, 1.54) is 5.56 Å². The van der Waals surface area contributed by atoms with E-state index in [0.717, 1.165) is 56.7 Å². The summed E-state index contributed by atoms with van der Waals surface area (Å²) in [6, 6.07) is 34.7. The SMILES string of the molecule is COc1cc(OC)cc(-n2c(N)c(C3=Nc4ccccc4C3)c3ncccc32)c1.COc1cc(OC)cc(-n2c(O)c(-c3nc4ccccc4[nH]3)c3ncccc32)c1. The Morgan fingerprint density at radius 3 is 1.79 bits per heavy atom. The van der Waals surface area contributed by atoms with Crippen molar-refractivity contribution >= 4 is 50.3 Å². The van der Waals surface area contributed by atoms with Gasteiger partial charge in [-0.05, 0) is 48.0 Å². The van der Waals surface area contributed by atoms with Gasteiger partial charge in [0.05, 0.1) is 84.4 Å². The molecule has 58 heavy (non-hydrogen) atoms. The van der Waals surface area contributed by atoms with Gasteiger partial charge in [-0.3, -0.25) is 24.1 Å². The van der Waals surface area contributed by atoms with Gasteiger partial charge in [0.15, 0.2) is 0 Å². The zero-order chi connectivity index (χ0) is 39.9. The number of anilines is 1. The molecule has 0 aliphatic carbocycles. The van der Waals surface area contributed by atoms with Crippen LogP contribution in [0.25, 0.3) is 55.9 Å². The highest BCUT2D eigenvalue weighted by Gasteiger charge is 2.26. The van der Waals surface area contributed by atoms with Crippen LogP contribution in [0, 0.1) is 0 Å². The number of nitrogens with zero attached hydrogens (tertiary/aromatic N) is 6. The minimum absolute atomic E-state index is 0.0352. The average molecular weight is 771 g/mol. The van der Waals surface area contributed by atoms with Gasteiger partial charge < -0.3 is 34.8 Å². The van der Waals surface area contributed by atoms with E-state index < -0.39 is 0 Å². The molecule has 0 amide bonds. The third kappa shape index (κ3) is 6.14. The summed E-state index contributed by atoms with van der Waals surface area (Å²) in [7, 11) is 6.45. The van der Waals surface area contributed by atoms with Crippen molar-refractivity contribution in [2.24, 2.45) is 4.99 Å². The number of pyridine rings is 2. The lowest BCUT2D eigenvalue weighted by Crippen LogP contribution is -2.07. The van der Waals surface area contributed by atoms with E-state index in [-0.39, 0.29) is 5.88 Å². The maximum absolute atomic E-state index is 11.3. The van der Waals surface area contributed by atoms with Crippen LogP contribution in [-0.4, -0.2) is 68.3 Å². The fraction of sp³-hybridized carbons (Fsp3) is 0.111. The monoisotopic (exact) mass is 770 g/mol. The second kappa shape index (κ2) is 14.7. The number of rotatable bonds is 8. The van der Waals surface area contributed by atoms with E-state index >= 15 is 0 Å². The number of nitrogens with one attached hydrogen (secondary N) is 1. The molecule has 0 spiro atoms. The number of aromatic amines is 1. The first-order valence-corrected chi connectivity index (χ1v) is 18.4. The molecule has 6 heterocycles. The highest BCUT2D eigenvalue weighted by molar-refractivity contribution is 6.17. The van der Waals surface area contributed by atoms with E-state index in [2.05, 4.69) is 26.0 Å². The van der Waals surface area contributed by atoms with Crippen molar-refractivity contribution in [3.63, 3.8) is 0 Å². The number of hydrogen-bond acceptors (Lipinski definition) is 10. The van der Waals surface area contributed by atoms with Crippen LogP contribution in [0.4, 0.5) is 11.5 Å². The summed E-state index contributed by atoms with van der Waals surface area (Å²) in [5.41, 5.74) is 17.6. The van der Waals surface area contributed by atoms with Gasteiger partial charge in [0.25, 0.3) is 0 Å². The lowest BCUT2D eigenvalue weighted by molar-refractivity contribution is 0.393. The second-order valence-electron chi connectivity index (χ2n) is 13.5. The summed E-state index contributed by atoms with van der Waals surface area (Å²) >= 11 is 0. The predicted octanol–water partition coefficient (Wildman–Crippen LogP) is 8.59. The number of nitrogens with two attached hydrogens (primary N) is 1. The molecule has 0 saturated carbocycles. The van der Waals surface area contributed by atoms with Gasteiger partial charge in [0.2, 0.25) is 5.88 Å². The molecule has 13 nitrogen and oxygen atoms in total. The Balaban J connectivity index is 0.000000150. The van der Waals surface area contributed by atoms with Gasteiger partial charge in [-0.15, -0.1) is 0 Å². The summed E-state index contributed by atoms with van der Waals surface area (Å²) in [5, 5.41) is 11.3. The van der Waals surface area contributed by atoms with Crippen LogP contribution in [0.15, 0.2) is 127 Å². The highest BCUT2D eigenvalue weighted by atomic mass is 16.5. The third-order valence-corrected chi connectivity index (χ3v) is 10.2. The fourth-order valence-electron chi connectivity index (χ4n) is 7.47. The topological polar surface area (TPSA) is 160 Å². The maximum Gasteiger partial charge on any atom is 0.209 e. The van der Waals surface area contributed by atoms with Crippen molar-refractivity contribution in [1.82, 2.24) is 29.1 Å². The molecule has 0 unspecified atom stereocenters. The molecule has 0 bridgehead atoms. The molecular weight excluding hydrogens is 733 g/mol.